The molecule has 2 nitrogen and oxygen atoms in total. The van der Waals surface area contributed by atoms with Crippen molar-refractivity contribution >= 4 is 28.9 Å². The molecule has 1 aliphatic rings. The van der Waals surface area contributed by atoms with Crippen molar-refractivity contribution < 1.29 is 0 Å². The Morgan fingerprint density at radius 3 is 2.37 bits per heavy atom. The summed E-state index contributed by atoms with van der Waals surface area (Å²) in [4.78, 5) is 4.65. The van der Waals surface area contributed by atoms with Gasteiger partial charge in [-0.05, 0) is 51.1 Å². The van der Waals surface area contributed by atoms with E-state index in [1.165, 1.54) is 19.3 Å². The molecule has 0 N–H and O–H groups in total. The van der Waals surface area contributed by atoms with Gasteiger partial charge in [0.25, 0.3) is 0 Å². The fourth-order valence-corrected chi connectivity index (χ4v) is 3.26. The molecular formula is C15H22Cl2N2. The van der Waals surface area contributed by atoms with E-state index in [9.17, 15) is 0 Å². The van der Waals surface area contributed by atoms with E-state index in [1.807, 2.05) is 18.2 Å². The molecule has 0 spiro atoms. The number of hydrogen-bond donors (Lipinski definition) is 0. The van der Waals surface area contributed by atoms with Crippen LogP contribution in [-0.4, -0.2) is 38.1 Å². The van der Waals surface area contributed by atoms with Gasteiger partial charge in [0.1, 0.15) is 0 Å². The Bertz CT molecular complexity index is 442. The maximum Gasteiger partial charge on any atom is 0.0494 e. The van der Waals surface area contributed by atoms with Crippen LogP contribution < -0.4 is 4.90 Å². The molecule has 0 amide bonds. The summed E-state index contributed by atoms with van der Waals surface area (Å²) in [7, 11) is 6.48. The van der Waals surface area contributed by atoms with Crippen molar-refractivity contribution in [3.05, 3.63) is 28.8 Å². The molecule has 106 valence electrons. The lowest BCUT2D eigenvalue weighted by Crippen LogP contribution is -2.56. The highest BCUT2D eigenvalue weighted by Gasteiger charge is 2.40. The summed E-state index contributed by atoms with van der Waals surface area (Å²) in [5.41, 5.74) is 2.60. The second-order valence-electron chi connectivity index (χ2n) is 5.74. The van der Waals surface area contributed by atoms with Crippen LogP contribution in [0.3, 0.4) is 0 Å². The molecule has 0 aliphatic heterocycles. The molecule has 0 aromatic heterocycles. The van der Waals surface area contributed by atoms with E-state index in [1.54, 1.807) is 0 Å². The van der Waals surface area contributed by atoms with Gasteiger partial charge >= 0.3 is 0 Å². The third-order valence-corrected chi connectivity index (χ3v) is 4.89. The van der Waals surface area contributed by atoms with E-state index in [2.05, 4.69) is 30.9 Å². The Kier molecular flexibility index (Phi) is 4.65. The highest BCUT2D eigenvalue weighted by atomic mass is 35.5. The summed E-state index contributed by atoms with van der Waals surface area (Å²) >= 11 is 12.1. The van der Waals surface area contributed by atoms with E-state index in [0.29, 0.717) is 11.4 Å². The fourth-order valence-electron chi connectivity index (χ4n) is 2.86. The number of alkyl halides is 1. The summed E-state index contributed by atoms with van der Waals surface area (Å²) in [5.74, 6) is 0.520. The summed E-state index contributed by atoms with van der Waals surface area (Å²) in [6.45, 7) is 1.02. The Labute approximate surface area is 126 Å². The van der Waals surface area contributed by atoms with Crippen LogP contribution in [0, 0.1) is 0 Å². The van der Waals surface area contributed by atoms with E-state index >= 15 is 0 Å². The second-order valence-corrected chi connectivity index (χ2v) is 6.44. The average Bonchev–Trinajstić information content (AvgIpc) is 2.33. The molecule has 1 aromatic carbocycles. The highest BCUT2D eigenvalue weighted by molar-refractivity contribution is 6.31. The number of rotatable bonds is 5. The minimum atomic E-state index is 0.306. The molecular weight excluding hydrogens is 279 g/mol. The van der Waals surface area contributed by atoms with Crippen LogP contribution in [0.2, 0.25) is 5.02 Å². The molecule has 1 saturated carbocycles. The molecule has 19 heavy (non-hydrogen) atoms. The molecule has 0 atom stereocenters. The van der Waals surface area contributed by atoms with Gasteiger partial charge in [-0.1, -0.05) is 17.7 Å². The zero-order valence-electron chi connectivity index (χ0n) is 11.9. The maximum atomic E-state index is 6.12. The Balaban J connectivity index is 2.19. The lowest BCUT2D eigenvalue weighted by atomic mass is 9.75. The molecule has 0 radical (unpaired) electrons. The minimum Gasteiger partial charge on any atom is -0.372 e. The number of anilines is 1. The first-order valence-corrected chi connectivity index (χ1v) is 7.63. The standard InChI is InChI=1S/C15H22Cl2N2/c1-18(2)15(7-4-8-15)11-19(3)14-9-13(17)6-5-12(14)10-16/h5-6,9H,4,7-8,10-11H2,1-3H3. The van der Waals surface area contributed by atoms with Crippen LogP contribution in [0.15, 0.2) is 18.2 Å². The third kappa shape index (κ3) is 3.01. The van der Waals surface area contributed by atoms with Gasteiger partial charge in [-0.2, -0.15) is 0 Å². The number of hydrogen-bond acceptors (Lipinski definition) is 2. The number of benzene rings is 1. The summed E-state index contributed by atoms with van der Waals surface area (Å²) < 4.78 is 0. The number of halogens is 2. The number of likely N-dealkylation sites (N-methyl/N-ethyl adjacent to an activating group) is 2. The van der Waals surface area contributed by atoms with Gasteiger partial charge in [-0.25, -0.2) is 0 Å². The molecule has 0 bridgehead atoms. The van der Waals surface area contributed by atoms with Gasteiger partial charge < -0.3 is 9.80 Å². The fraction of sp³-hybridized carbons (Fsp3) is 0.600. The van der Waals surface area contributed by atoms with Crippen LogP contribution in [0.5, 0.6) is 0 Å². The third-order valence-electron chi connectivity index (χ3n) is 4.37. The largest absolute Gasteiger partial charge is 0.372 e. The van der Waals surface area contributed by atoms with Crippen molar-refractivity contribution in [1.29, 1.82) is 0 Å². The monoisotopic (exact) mass is 300 g/mol. The quantitative estimate of drug-likeness (QED) is 0.759. The molecule has 2 rings (SSSR count). The van der Waals surface area contributed by atoms with Crippen molar-refractivity contribution in [1.82, 2.24) is 4.90 Å². The highest BCUT2D eigenvalue weighted by Crippen LogP contribution is 2.38. The molecule has 1 aromatic rings. The molecule has 1 aliphatic carbocycles. The smallest absolute Gasteiger partial charge is 0.0494 e. The van der Waals surface area contributed by atoms with Crippen LogP contribution in [0.1, 0.15) is 24.8 Å². The first kappa shape index (κ1) is 15.0. The van der Waals surface area contributed by atoms with E-state index < -0.39 is 0 Å². The van der Waals surface area contributed by atoms with Gasteiger partial charge in [-0.15, -0.1) is 11.6 Å². The Morgan fingerprint density at radius 1 is 1.21 bits per heavy atom. The summed E-state index contributed by atoms with van der Waals surface area (Å²) in [6.07, 6.45) is 3.85. The lowest BCUT2D eigenvalue weighted by Gasteiger charge is -2.49. The van der Waals surface area contributed by atoms with Crippen LogP contribution >= 0.6 is 23.2 Å². The van der Waals surface area contributed by atoms with Crippen molar-refractivity contribution in [3.63, 3.8) is 0 Å². The molecule has 1 fully saturated rings. The van der Waals surface area contributed by atoms with E-state index in [0.717, 1.165) is 22.8 Å². The van der Waals surface area contributed by atoms with Gasteiger partial charge in [0.15, 0.2) is 0 Å². The van der Waals surface area contributed by atoms with Gasteiger partial charge in [0.05, 0.1) is 0 Å². The first-order valence-electron chi connectivity index (χ1n) is 6.71. The normalized spacial score (nSPS) is 17.4. The van der Waals surface area contributed by atoms with E-state index in [-0.39, 0.29) is 0 Å². The molecule has 0 saturated heterocycles. The Hall–Kier alpha value is -0.440. The average molecular weight is 301 g/mol. The van der Waals surface area contributed by atoms with Crippen molar-refractivity contribution in [2.24, 2.45) is 0 Å². The minimum absolute atomic E-state index is 0.306. The summed E-state index contributed by atoms with van der Waals surface area (Å²) in [5, 5.41) is 0.767. The van der Waals surface area contributed by atoms with E-state index in [4.69, 9.17) is 23.2 Å². The van der Waals surface area contributed by atoms with Gasteiger partial charge in [0.2, 0.25) is 0 Å². The summed E-state index contributed by atoms with van der Waals surface area (Å²) in [6, 6.07) is 5.94. The van der Waals surface area contributed by atoms with Crippen LogP contribution in [0.25, 0.3) is 0 Å². The first-order chi connectivity index (χ1) is 8.98. The Morgan fingerprint density at radius 2 is 1.89 bits per heavy atom. The SMILES string of the molecule is CN(CC1(N(C)C)CCC1)c1cc(Cl)ccc1CCl. The van der Waals surface area contributed by atoms with Crippen LogP contribution in [-0.2, 0) is 5.88 Å². The van der Waals surface area contributed by atoms with Gasteiger partial charge in [-0.3, -0.25) is 0 Å². The predicted octanol–water partition coefficient (Wildman–Crippen LogP) is 4.00. The molecule has 0 heterocycles. The van der Waals surface area contributed by atoms with Crippen molar-refractivity contribution in [3.8, 4) is 0 Å². The molecule has 0 unspecified atom stereocenters. The second kappa shape index (κ2) is 5.90. The predicted molar refractivity (Wildman–Crippen MR) is 84.5 cm³/mol. The lowest BCUT2D eigenvalue weighted by molar-refractivity contribution is 0.0683. The van der Waals surface area contributed by atoms with Crippen molar-refractivity contribution in [2.75, 3.05) is 32.6 Å². The maximum absolute atomic E-state index is 6.12. The zero-order chi connectivity index (χ0) is 14.0. The molecule has 4 heteroatoms. The topological polar surface area (TPSA) is 6.48 Å². The zero-order valence-corrected chi connectivity index (χ0v) is 13.4. The van der Waals surface area contributed by atoms with Gasteiger partial charge in [0, 0.05) is 35.7 Å². The van der Waals surface area contributed by atoms with Crippen molar-refractivity contribution in [2.45, 2.75) is 30.7 Å². The number of nitrogens with zero attached hydrogens (tertiary/aromatic N) is 2. The van der Waals surface area contributed by atoms with Crippen LogP contribution in [0.4, 0.5) is 5.69 Å².